The number of benzene rings is 1. The summed E-state index contributed by atoms with van der Waals surface area (Å²) in [5.74, 6) is -0.497. The minimum atomic E-state index is -0.884. The molecule has 0 aliphatic heterocycles. The standard InChI is InChI=1S/C15H21NO3S/c1-10(2)8-9-16-14(17)12-6-4-5-7-13(12)20-11(3)15(18)19/h4-7,10-11H,8-9H2,1-3H3,(H,16,17)(H,18,19). The van der Waals surface area contributed by atoms with E-state index in [2.05, 4.69) is 19.2 Å². The molecule has 0 spiro atoms. The first-order valence-corrected chi connectivity index (χ1v) is 7.56. The number of nitrogens with one attached hydrogen (secondary N) is 1. The molecule has 1 aromatic carbocycles. The Morgan fingerprint density at radius 2 is 1.90 bits per heavy atom. The van der Waals surface area contributed by atoms with E-state index in [1.165, 1.54) is 11.8 Å². The summed E-state index contributed by atoms with van der Waals surface area (Å²) in [7, 11) is 0. The molecule has 0 saturated heterocycles. The summed E-state index contributed by atoms with van der Waals surface area (Å²) in [5, 5.41) is 11.2. The van der Waals surface area contributed by atoms with E-state index in [9.17, 15) is 9.59 Å². The lowest BCUT2D eigenvalue weighted by molar-refractivity contribution is -0.136. The molecule has 0 bridgehead atoms. The second-order valence-electron chi connectivity index (χ2n) is 5.03. The summed E-state index contributed by atoms with van der Waals surface area (Å²) in [5.41, 5.74) is 0.536. The number of carbonyl (C=O) groups excluding carboxylic acids is 1. The van der Waals surface area contributed by atoms with Crippen molar-refractivity contribution >= 4 is 23.6 Å². The number of thioether (sulfide) groups is 1. The predicted molar refractivity (Wildman–Crippen MR) is 81.2 cm³/mol. The molecule has 110 valence electrons. The molecule has 0 radical (unpaired) electrons. The summed E-state index contributed by atoms with van der Waals surface area (Å²) in [4.78, 5) is 23.7. The molecule has 20 heavy (non-hydrogen) atoms. The molecular formula is C15H21NO3S. The van der Waals surface area contributed by atoms with Crippen LogP contribution in [-0.2, 0) is 4.79 Å². The number of carboxylic acids is 1. The Morgan fingerprint density at radius 3 is 2.50 bits per heavy atom. The molecule has 0 heterocycles. The van der Waals surface area contributed by atoms with Crippen LogP contribution in [0.5, 0.6) is 0 Å². The molecule has 2 N–H and O–H groups in total. The van der Waals surface area contributed by atoms with Gasteiger partial charge in [0, 0.05) is 11.4 Å². The maximum Gasteiger partial charge on any atom is 0.316 e. The SMILES string of the molecule is CC(C)CCNC(=O)c1ccccc1SC(C)C(=O)O. The van der Waals surface area contributed by atoms with Crippen LogP contribution in [0.15, 0.2) is 29.2 Å². The van der Waals surface area contributed by atoms with Crippen LogP contribution in [0.3, 0.4) is 0 Å². The molecule has 0 aliphatic carbocycles. The van der Waals surface area contributed by atoms with Gasteiger partial charge in [-0.1, -0.05) is 26.0 Å². The van der Waals surface area contributed by atoms with Crippen molar-refractivity contribution in [3.05, 3.63) is 29.8 Å². The average molecular weight is 295 g/mol. The Morgan fingerprint density at radius 1 is 1.25 bits per heavy atom. The van der Waals surface area contributed by atoms with Crippen molar-refractivity contribution in [3.63, 3.8) is 0 Å². The molecule has 0 fully saturated rings. The maximum atomic E-state index is 12.1. The van der Waals surface area contributed by atoms with Gasteiger partial charge in [0.15, 0.2) is 0 Å². The van der Waals surface area contributed by atoms with E-state index in [1.807, 2.05) is 6.07 Å². The molecule has 5 heteroatoms. The Balaban J connectivity index is 2.74. The van der Waals surface area contributed by atoms with Gasteiger partial charge in [0.2, 0.25) is 0 Å². The minimum absolute atomic E-state index is 0.147. The second kappa shape index (κ2) is 7.94. The van der Waals surface area contributed by atoms with Gasteiger partial charge in [0.05, 0.1) is 5.56 Å². The summed E-state index contributed by atoms with van der Waals surface area (Å²) < 4.78 is 0. The number of amides is 1. The maximum absolute atomic E-state index is 12.1. The van der Waals surface area contributed by atoms with Crippen LogP contribution in [-0.4, -0.2) is 28.8 Å². The normalized spacial score (nSPS) is 12.2. The monoisotopic (exact) mass is 295 g/mol. The Hall–Kier alpha value is -1.49. The fourth-order valence-corrected chi connectivity index (χ4v) is 2.49. The van der Waals surface area contributed by atoms with Crippen molar-refractivity contribution in [2.75, 3.05) is 6.54 Å². The number of carboxylic acid groups (broad SMARTS) is 1. The zero-order chi connectivity index (χ0) is 15.1. The summed E-state index contributed by atoms with van der Waals surface area (Å²) in [6, 6.07) is 7.09. The molecule has 1 atom stereocenters. The van der Waals surface area contributed by atoms with E-state index in [1.54, 1.807) is 25.1 Å². The Labute approximate surface area is 124 Å². The van der Waals surface area contributed by atoms with Crippen molar-refractivity contribution < 1.29 is 14.7 Å². The summed E-state index contributed by atoms with van der Waals surface area (Å²) in [6.07, 6.45) is 0.923. The average Bonchev–Trinajstić information content (AvgIpc) is 2.38. The highest BCUT2D eigenvalue weighted by Crippen LogP contribution is 2.26. The van der Waals surface area contributed by atoms with Crippen LogP contribution in [0, 0.1) is 5.92 Å². The lowest BCUT2D eigenvalue weighted by Crippen LogP contribution is -2.26. The number of hydrogen-bond donors (Lipinski definition) is 2. The van der Waals surface area contributed by atoms with E-state index in [4.69, 9.17) is 5.11 Å². The zero-order valence-electron chi connectivity index (χ0n) is 12.1. The lowest BCUT2D eigenvalue weighted by Gasteiger charge is -2.12. The molecular weight excluding hydrogens is 274 g/mol. The first-order chi connectivity index (χ1) is 9.41. The molecule has 1 unspecified atom stereocenters. The fourth-order valence-electron chi connectivity index (χ4n) is 1.57. The van der Waals surface area contributed by atoms with Crippen molar-refractivity contribution in [2.24, 2.45) is 5.92 Å². The number of rotatable bonds is 7. The van der Waals surface area contributed by atoms with Gasteiger partial charge in [-0.25, -0.2) is 0 Å². The first-order valence-electron chi connectivity index (χ1n) is 6.68. The highest BCUT2D eigenvalue weighted by molar-refractivity contribution is 8.00. The largest absolute Gasteiger partial charge is 0.480 e. The van der Waals surface area contributed by atoms with Gasteiger partial charge in [-0.2, -0.15) is 0 Å². The molecule has 0 aromatic heterocycles. The van der Waals surface area contributed by atoms with Crippen LogP contribution < -0.4 is 5.32 Å². The lowest BCUT2D eigenvalue weighted by atomic mass is 10.1. The van der Waals surface area contributed by atoms with E-state index in [-0.39, 0.29) is 5.91 Å². The topological polar surface area (TPSA) is 66.4 Å². The Bertz CT molecular complexity index is 474. The highest BCUT2D eigenvalue weighted by atomic mass is 32.2. The first kappa shape index (κ1) is 16.6. The smallest absolute Gasteiger partial charge is 0.316 e. The molecule has 1 amide bonds. The highest BCUT2D eigenvalue weighted by Gasteiger charge is 2.17. The Kier molecular flexibility index (Phi) is 6.58. The van der Waals surface area contributed by atoms with Crippen molar-refractivity contribution in [2.45, 2.75) is 37.3 Å². The van der Waals surface area contributed by atoms with Crippen LogP contribution in [0.1, 0.15) is 37.6 Å². The molecule has 0 saturated carbocycles. The number of aliphatic carboxylic acids is 1. The molecule has 0 aliphatic rings. The van der Waals surface area contributed by atoms with Gasteiger partial charge in [0.1, 0.15) is 5.25 Å². The number of hydrogen-bond acceptors (Lipinski definition) is 3. The molecule has 1 aromatic rings. The second-order valence-corrected chi connectivity index (χ2v) is 6.42. The van der Waals surface area contributed by atoms with E-state index in [0.29, 0.717) is 22.9 Å². The van der Waals surface area contributed by atoms with E-state index >= 15 is 0 Å². The third kappa shape index (κ3) is 5.25. The van der Waals surface area contributed by atoms with Gasteiger partial charge in [0.25, 0.3) is 5.91 Å². The quantitative estimate of drug-likeness (QED) is 0.759. The number of carbonyl (C=O) groups is 2. The van der Waals surface area contributed by atoms with Crippen molar-refractivity contribution in [3.8, 4) is 0 Å². The summed E-state index contributed by atoms with van der Waals surface area (Å²) in [6.45, 7) is 6.44. The molecule has 4 nitrogen and oxygen atoms in total. The fraction of sp³-hybridized carbons (Fsp3) is 0.467. The van der Waals surface area contributed by atoms with Crippen LogP contribution in [0.2, 0.25) is 0 Å². The van der Waals surface area contributed by atoms with Gasteiger partial charge < -0.3 is 10.4 Å². The predicted octanol–water partition coefficient (Wildman–Crippen LogP) is 3.03. The van der Waals surface area contributed by atoms with E-state index < -0.39 is 11.2 Å². The zero-order valence-corrected chi connectivity index (χ0v) is 12.9. The van der Waals surface area contributed by atoms with Gasteiger partial charge >= 0.3 is 5.97 Å². The van der Waals surface area contributed by atoms with Gasteiger partial charge in [-0.15, -0.1) is 11.8 Å². The van der Waals surface area contributed by atoms with Crippen molar-refractivity contribution in [1.82, 2.24) is 5.32 Å². The summed E-state index contributed by atoms with van der Waals surface area (Å²) >= 11 is 1.19. The third-order valence-electron chi connectivity index (χ3n) is 2.79. The van der Waals surface area contributed by atoms with Gasteiger partial charge in [-0.05, 0) is 31.4 Å². The van der Waals surface area contributed by atoms with Crippen LogP contribution in [0.25, 0.3) is 0 Å². The van der Waals surface area contributed by atoms with Crippen LogP contribution >= 0.6 is 11.8 Å². The van der Waals surface area contributed by atoms with Gasteiger partial charge in [-0.3, -0.25) is 9.59 Å². The van der Waals surface area contributed by atoms with Crippen LogP contribution in [0.4, 0.5) is 0 Å². The minimum Gasteiger partial charge on any atom is -0.480 e. The van der Waals surface area contributed by atoms with E-state index in [0.717, 1.165) is 6.42 Å². The van der Waals surface area contributed by atoms with Crippen molar-refractivity contribution in [1.29, 1.82) is 0 Å². The molecule has 1 rings (SSSR count). The third-order valence-corrected chi connectivity index (χ3v) is 3.96.